The molecular formula is C13H15N3O. The van der Waals surface area contributed by atoms with Gasteiger partial charge < -0.3 is 4.98 Å². The highest BCUT2D eigenvalue weighted by Crippen LogP contribution is 2.15. The van der Waals surface area contributed by atoms with Gasteiger partial charge in [-0.1, -0.05) is 13.8 Å². The first-order valence-corrected chi connectivity index (χ1v) is 5.60. The van der Waals surface area contributed by atoms with Crippen LogP contribution in [0, 0.1) is 6.92 Å². The molecule has 0 saturated heterocycles. The van der Waals surface area contributed by atoms with Gasteiger partial charge in [-0.2, -0.15) is 0 Å². The fourth-order valence-electron chi connectivity index (χ4n) is 1.52. The molecule has 0 amide bonds. The standard InChI is InChI=1S/C13H15N3O/c1-8(2)11-6-12(17)16-13(15-11)10-5-4-9(3)14-7-10/h4-8H,1-3H3,(H,15,16,17). The van der Waals surface area contributed by atoms with Crippen molar-refractivity contribution in [2.24, 2.45) is 0 Å². The van der Waals surface area contributed by atoms with Gasteiger partial charge in [0.05, 0.1) is 5.69 Å². The zero-order valence-corrected chi connectivity index (χ0v) is 10.2. The second kappa shape index (κ2) is 4.49. The Labute approximate surface area is 99.8 Å². The van der Waals surface area contributed by atoms with Crippen LogP contribution >= 0.6 is 0 Å². The zero-order valence-electron chi connectivity index (χ0n) is 10.2. The molecule has 0 aromatic carbocycles. The lowest BCUT2D eigenvalue weighted by Gasteiger charge is -2.06. The summed E-state index contributed by atoms with van der Waals surface area (Å²) in [7, 11) is 0. The number of rotatable bonds is 2. The van der Waals surface area contributed by atoms with Gasteiger partial charge in [0.15, 0.2) is 0 Å². The number of pyridine rings is 1. The first kappa shape index (κ1) is 11.5. The van der Waals surface area contributed by atoms with Gasteiger partial charge in [-0.15, -0.1) is 0 Å². The van der Waals surface area contributed by atoms with Gasteiger partial charge in [-0.05, 0) is 25.0 Å². The van der Waals surface area contributed by atoms with Crippen molar-refractivity contribution in [3.05, 3.63) is 46.1 Å². The van der Waals surface area contributed by atoms with E-state index in [-0.39, 0.29) is 11.5 Å². The summed E-state index contributed by atoms with van der Waals surface area (Å²) < 4.78 is 0. The topological polar surface area (TPSA) is 58.6 Å². The van der Waals surface area contributed by atoms with Gasteiger partial charge in [0.1, 0.15) is 5.82 Å². The van der Waals surface area contributed by atoms with Crippen molar-refractivity contribution in [3.63, 3.8) is 0 Å². The lowest BCUT2D eigenvalue weighted by atomic mass is 10.1. The van der Waals surface area contributed by atoms with Gasteiger partial charge in [0.25, 0.3) is 5.56 Å². The quantitative estimate of drug-likeness (QED) is 0.859. The largest absolute Gasteiger partial charge is 0.306 e. The van der Waals surface area contributed by atoms with E-state index in [2.05, 4.69) is 15.0 Å². The summed E-state index contributed by atoms with van der Waals surface area (Å²) in [6, 6.07) is 5.35. The van der Waals surface area contributed by atoms with E-state index in [1.165, 1.54) is 6.07 Å². The van der Waals surface area contributed by atoms with Crippen molar-refractivity contribution in [2.45, 2.75) is 26.7 Å². The van der Waals surface area contributed by atoms with Gasteiger partial charge >= 0.3 is 0 Å². The number of hydrogen-bond donors (Lipinski definition) is 1. The zero-order chi connectivity index (χ0) is 12.4. The van der Waals surface area contributed by atoms with Crippen LogP contribution < -0.4 is 5.56 Å². The van der Waals surface area contributed by atoms with E-state index in [4.69, 9.17) is 0 Å². The Hall–Kier alpha value is -1.97. The molecule has 4 nitrogen and oxygen atoms in total. The van der Waals surface area contributed by atoms with Gasteiger partial charge in [0, 0.05) is 23.5 Å². The number of aromatic nitrogens is 3. The molecule has 17 heavy (non-hydrogen) atoms. The highest BCUT2D eigenvalue weighted by Gasteiger charge is 2.06. The maximum Gasteiger partial charge on any atom is 0.251 e. The van der Waals surface area contributed by atoms with Crippen molar-refractivity contribution >= 4 is 0 Å². The van der Waals surface area contributed by atoms with Crippen LogP contribution in [0.1, 0.15) is 31.2 Å². The smallest absolute Gasteiger partial charge is 0.251 e. The minimum Gasteiger partial charge on any atom is -0.306 e. The molecule has 88 valence electrons. The molecule has 0 fully saturated rings. The second-order valence-electron chi connectivity index (χ2n) is 4.36. The molecular weight excluding hydrogens is 214 g/mol. The van der Waals surface area contributed by atoms with Crippen molar-refractivity contribution in [1.29, 1.82) is 0 Å². The second-order valence-corrected chi connectivity index (χ2v) is 4.36. The lowest BCUT2D eigenvalue weighted by molar-refractivity contribution is 0.812. The molecule has 0 saturated carbocycles. The van der Waals surface area contributed by atoms with E-state index in [9.17, 15) is 4.79 Å². The number of nitrogens with one attached hydrogen (secondary N) is 1. The summed E-state index contributed by atoms with van der Waals surface area (Å²) in [5.74, 6) is 0.808. The molecule has 2 rings (SSSR count). The maximum absolute atomic E-state index is 11.5. The first-order chi connectivity index (χ1) is 8.06. The minimum absolute atomic E-state index is 0.126. The number of hydrogen-bond acceptors (Lipinski definition) is 3. The highest BCUT2D eigenvalue weighted by molar-refractivity contribution is 5.53. The summed E-state index contributed by atoms with van der Waals surface area (Å²) in [4.78, 5) is 22.9. The number of aromatic amines is 1. The van der Waals surface area contributed by atoms with E-state index in [0.29, 0.717) is 5.82 Å². The average molecular weight is 229 g/mol. The monoisotopic (exact) mass is 229 g/mol. The van der Waals surface area contributed by atoms with Crippen molar-refractivity contribution < 1.29 is 0 Å². The third-order valence-corrected chi connectivity index (χ3v) is 2.54. The Morgan fingerprint density at radius 1 is 1.29 bits per heavy atom. The molecule has 0 atom stereocenters. The minimum atomic E-state index is -0.126. The summed E-state index contributed by atoms with van der Waals surface area (Å²) >= 11 is 0. The molecule has 0 aliphatic carbocycles. The van der Waals surface area contributed by atoms with E-state index in [1.54, 1.807) is 6.20 Å². The van der Waals surface area contributed by atoms with Crippen LogP contribution in [-0.2, 0) is 0 Å². The molecule has 0 aliphatic heterocycles. The Bertz CT molecular complexity index is 570. The molecule has 2 heterocycles. The predicted molar refractivity (Wildman–Crippen MR) is 66.9 cm³/mol. The lowest BCUT2D eigenvalue weighted by Crippen LogP contribution is -2.11. The van der Waals surface area contributed by atoms with E-state index < -0.39 is 0 Å². The summed E-state index contributed by atoms with van der Waals surface area (Å²) in [5, 5.41) is 0. The highest BCUT2D eigenvalue weighted by atomic mass is 16.1. The normalized spacial score (nSPS) is 10.8. The molecule has 1 N–H and O–H groups in total. The van der Waals surface area contributed by atoms with E-state index >= 15 is 0 Å². The Balaban J connectivity index is 2.52. The van der Waals surface area contributed by atoms with Crippen molar-refractivity contribution in [1.82, 2.24) is 15.0 Å². The van der Waals surface area contributed by atoms with Crippen LogP contribution in [0.5, 0.6) is 0 Å². The van der Waals surface area contributed by atoms with Crippen LogP contribution in [0.2, 0.25) is 0 Å². The van der Waals surface area contributed by atoms with Crippen molar-refractivity contribution in [3.8, 4) is 11.4 Å². The van der Waals surface area contributed by atoms with Gasteiger partial charge in [-0.25, -0.2) is 4.98 Å². The molecule has 0 aliphatic rings. The van der Waals surface area contributed by atoms with Crippen LogP contribution in [0.3, 0.4) is 0 Å². The maximum atomic E-state index is 11.5. The predicted octanol–water partition coefficient (Wildman–Crippen LogP) is 2.26. The average Bonchev–Trinajstić information content (AvgIpc) is 2.29. The number of nitrogens with zero attached hydrogens (tertiary/aromatic N) is 2. The summed E-state index contributed by atoms with van der Waals surface area (Å²) in [5.41, 5.74) is 2.44. The van der Waals surface area contributed by atoms with Gasteiger partial charge in [0.2, 0.25) is 0 Å². The molecule has 2 aromatic rings. The molecule has 0 unspecified atom stereocenters. The van der Waals surface area contributed by atoms with E-state index in [0.717, 1.165) is 17.0 Å². The molecule has 0 bridgehead atoms. The molecule has 2 aromatic heterocycles. The molecule has 0 radical (unpaired) electrons. The van der Waals surface area contributed by atoms with Crippen LogP contribution in [-0.4, -0.2) is 15.0 Å². The SMILES string of the molecule is Cc1ccc(-c2nc(C(C)C)cc(=O)[nH]2)cn1. The Morgan fingerprint density at radius 3 is 2.65 bits per heavy atom. The third-order valence-electron chi connectivity index (χ3n) is 2.54. The molecule has 0 spiro atoms. The van der Waals surface area contributed by atoms with Gasteiger partial charge in [-0.3, -0.25) is 9.78 Å². The number of H-pyrrole nitrogens is 1. The number of aryl methyl sites for hydroxylation is 1. The van der Waals surface area contributed by atoms with Crippen LogP contribution in [0.4, 0.5) is 0 Å². The third kappa shape index (κ3) is 2.58. The van der Waals surface area contributed by atoms with E-state index in [1.807, 2.05) is 32.9 Å². The Kier molecular flexibility index (Phi) is 3.04. The fraction of sp³-hybridized carbons (Fsp3) is 0.308. The Morgan fingerprint density at radius 2 is 2.06 bits per heavy atom. The van der Waals surface area contributed by atoms with Crippen LogP contribution in [0.15, 0.2) is 29.2 Å². The summed E-state index contributed by atoms with van der Waals surface area (Å²) in [6.07, 6.45) is 1.72. The summed E-state index contributed by atoms with van der Waals surface area (Å²) in [6.45, 7) is 5.95. The first-order valence-electron chi connectivity index (χ1n) is 5.60. The van der Waals surface area contributed by atoms with Crippen molar-refractivity contribution in [2.75, 3.05) is 0 Å². The fourth-order valence-corrected chi connectivity index (χ4v) is 1.52. The van der Waals surface area contributed by atoms with Crippen LogP contribution in [0.25, 0.3) is 11.4 Å². The molecule has 4 heteroatoms.